The lowest BCUT2D eigenvalue weighted by atomic mass is 9.87. The SMILES string of the molecule is CCN(CCC(=O)O)C1CC(OC)C1. The quantitative estimate of drug-likeness (QED) is 0.695. The minimum Gasteiger partial charge on any atom is -0.481 e. The Hall–Kier alpha value is -0.610. The van der Waals surface area contributed by atoms with Crippen LogP contribution in [0.3, 0.4) is 0 Å². The second-order valence-corrected chi connectivity index (χ2v) is 3.76. The van der Waals surface area contributed by atoms with Gasteiger partial charge in [-0.05, 0) is 19.4 Å². The van der Waals surface area contributed by atoms with Crippen LogP contribution in [0.4, 0.5) is 0 Å². The van der Waals surface area contributed by atoms with Crippen molar-refractivity contribution in [2.24, 2.45) is 0 Å². The number of methoxy groups -OCH3 is 1. The van der Waals surface area contributed by atoms with E-state index in [0.717, 1.165) is 19.4 Å². The number of hydrogen-bond donors (Lipinski definition) is 1. The molecule has 0 heterocycles. The van der Waals surface area contributed by atoms with Gasteiger partial charge < -0.3 is 9.84 Å². The average Bonchev–Trinajstić information content (AvgIpc) is 2.08. The highest BCUT2D eigenvalue weighted by atomic mass is 16.5. The molecule has 0 aromatic rings. The van der Waals surface area contributed by atoms with Crippen LogP contribution in [0.25, 0.3) is 0 Å². The molecule has 0 bridgehead atoms. The zero-order chi connectivity index (χ0) is 10.6. The Kier molecular flexibility index (Phi) is 4.35. The highest BCUT2D eigenvalue weighted by molar-refractivity contribution is 5.66. The maximum Gasteiger partial charge on any atom is 0.304 e. The van der Waals surface area contributed by atoms with Gasteiger partial charge in [-0.15, -0.1) is 0 Å². The second kappa shape index (κ2) is 5.32. The predicted molar refractivity (Wildman–Crippen MR) is 53.3 cm³/mol. The van der Waals surface area contributed by atoms with E-state index in [-0.39, 0.29) is 6.42 Å². The first kappa shape index (κ1) is 11.5. The first-order valence-corrected chi connectivity index (χ1v) is 5.16. The number of hydrogen-bond acceptors (Lipinski definition) is 3. The van der Waals surface area contributed by atoms with E-state index in [4.69, 9.17) is 9.84 Å². The fraction of sp³-hybridized carbons (Fsp3) is 0.900. The third-order valence-electron chi connectivity index (χ3n) is 2.94. The minimum atomic E-state index is -0.717. The summed E-state index contributed by atoms with van der Waals surface area (Å²) in [6.07, 6.45) is 2.72. The summed E-state index contributed by atoms with van der Waals surface area (Å²) >= 11 is 0. The van der Waals surface area contributed by atoms with E-state index in [9.17, 15) is 4.79 Å². The van der Waals surface area contributed by atoms with Crippen molar-refractivity contribution in [1.82, 2.24) is 4.90 Å². The van der Waals surface area contributed by atoms with E-state index >= 15 is 0 Å². The lowest BCUT2D eigenvalue weighted by molar-refractivity contribution is -0.137. The predicted octanol–water partition coefficient (Wildman–Crippen LogP) is 0.960. The van der Waals surface area contributed by atoms with Gasteiger partial charge in [-0.3, -0.25) is 9.69 Å². The Balaban J connectivity index is 2.22. The summed E-state index contributed by atoms with van der Waals surface area (Å²) in [7, 11) is 1.73. The summed E-state index contributed by atoms with van der Waals surface area (Å²) in [6.45, 7) is 3.66. The fourth-order valence-corrected chi connectivity index (χ4v) is 1.87. The molecule has 0 unspecified atom stereocenters. The van der Waals surface area contributed by atoms with Crippen LogP contribution in [0, 0.1) is 0 Å². The summed E-state index contributed by atoms with van der Waals surface area (Å²) in [4.78, 5) is 12.6. The number of carboxylic acids is 1. The van der Waals surface area contributed by atoms with Gasteiger partial charge in [-0.1, -0.05) is 6.92 Å². The van der Waals surface area contributed by atoms with Gasteiger partial charge in [-0.25, -0.2) is 0 Å². The Labute approximate surface area is 84.8 Å². The van der Waals surface area contributed by atoms with Crippen molar-refractivity contribution in [3.05, 3.63) is 0 Å². The van der Waals surface area contributed by atoms with Crippen LogP contribution < -0.4 is 0 Å². The van der Waals surface area contributed by atoms with Crippen LogP contribution in [0.1, 0.15) is 26.2 Å². The van der Waals surface area contributed by atoms with E-state index < -0.39 is 5.97 Å². The van der Waals surface area contributed by atoms with Crippen molar-refractivity contribution in [3.8, 4) is 0 Å². The molecule has 0 aromatic heterocycles. The zero-order valence-corrected chi connectivity index (χ0v) is 8.90. The van der Waals surface area contributed by atoms with Gasteiger partial charge in [0.25, 0.3) is 0 Å². The molecule has 1 rings (SSSR count). The third kappa shape index (κ3) is 2.96. The van der Waals surface area contributed by atoms with Crippen molar-refractivity contribution in [1.29, 1.82) is 0 Å². The number of ether oxygens (including phenoxy) is 1. The molecule has 4 nitrogen and oxygen atoms in total. The van der Waals surface area contributed by atoms with E-state index in [1.54, 1.807) is 7.11 Å². The average molecular weight is 201 g/mol. The van der Waals surface area contributed by atoms with Crippen LogP contribution >= 0.6 is 0 Å². The third-order valence-corrected chi connectivity index (χ3v) is 2.94. The number of aliphatic carboxylic acids is 1. The summed E-state index contributed by atoms with van der Waals surface area (Å²) in [5, 5.41) is 8.58. The molecule has 0 radical (unpaired) electrons. The number of carboxylic acid groups (broad SMARTS) is 1. The maximum atomic E-state index is 10.4. The van der Waals surface area contributed by atoms with Crippen molar-refractivity contribution < 1.29 is 14.6 Å². The van der Waals surface area contributed by atoms with E-state index in [0.29, 0.717) is 18.7 Å². The van der Waals surface area contributed by atoms with Crippen molar-refractivity contribution in [2.45, 2.75) is 38.3 Å². The highest BCUT2D eigenvalue weighted by Gasteiger charge is 2.32. The van der Waals surface area contributed by atoms with Gasteiger partial charge in [0.2, 0.25) is 0 Å². The largest absolute Gasteiger partial charge is 0.481 e. The molecule has 1 N–H and O–H groups in total. The van der Waals surface area contributed by atoms with Gasteiger partial charge in [-0.2, -0.15) is 0 Å². The van der Waals surface area contributed by atoms with Gasteiger partial charge >= 0.3 is 5.97 Å². The molecular formula is C10H19NO3. The molecule has 0 atom stereocenters. The molecule has 0 aromatic carbocycles. The van der Waals surface area contributed by atoms with Crippen molar-refractivity contribution >= 4 is 5.97 Å². The molecule has 1 saturated carbocycles. The van der Waals surface area contributed by atoms with Crippen LogP contribution in [0.5, 0.6) is 0 Å². The lowest BCUT2D eigenvalue weighted by Gasteiger charge is -2.41. The summed E-state index contributed by atoms with van der Waals surface area (Å²) in [5.41, 5.74) is 0. The molecule has 0 spiro atoms. The van der Waals surface area contributed by atoms with Crippen molar-refractivity contribution in [3.63, 3.8) is 0 Å². The van der Waals surface area contributed by atoms with Gasteiger partial charge in [0.1, 0.15) is 0 Å². The highest BCUT2D eigenvalue weighted by Crippen LogP contribution is 2.27. The molecule has 1 fully saturated rings. The smallest absolute Gasteiger partial charge is 0.304 e. The van der Waals surface area contributed by atoms with Crippen LogP contribution in [0.2, 0.25) is 0 Å². The van der Waals surface area contributed by atoms with Gasteiger partial charge in [0.05, 0.1) is 12.5 Å². The Morgan fingerprint density at radius 3 is 2.64 bits per heavy atom. The first-order chi connectivity index (χ1) is 6.67. The normalized spacial score (nSPS) is 26.2. The second-order valence-electron chi connectivity index (χ2n) is 3.76. The van der Waals surface area contributed by atoms with E-state index in [1.807, 2.05) is 0 Å². The Bertz CT molecular complexity index is 190. The van der Waals surface area contributed by atoms with Crippen LogP contribution in [0.15, 0.2) is 0 Å². The topological polar surface area (TPSA) is 49.8 Å². The summed E-state index contributed by atoms with van der Waals surface area (Å²) in [6, 6.07) is 0.532. The molecular weight excluding hydrogens is 182 g/mol. The van der Waals surface area contributed by atoms with Crippen LogP contribution in [-0.4, -0.2) is 48.3 Å². The first-order valence-electron chi connectivity index (χ1n) is 5.16. The molecule has 0 amide bonds. The number of nitrogens with zero attached hydrogens (tertiary/aromatic N) is 1. The number of carbonyl (C=O) groups is 1. The molecule has 0 aliphatic heterocycles. The zero-order valence-electron chi connectivity index (χ0n) is 8.90. The van der Waals surface area contributed by atoms with Crippen LogP contribution in [-0.2, 0) is 9.53 Å². The monoisotopic (exact) mass is 201 g/mol. The Morgan fingerprint density at radius 1 is 1.57 bits per heavy atom. The number of rotatable bonds is 6. The summed E-state index contributed by atoms with van der Waals surface area (Å²) < 4.78 is 5.19. The van der Waals surface area contributed by atoms with Gasteiger partial charge in [0, 0.05) is 19.7 Å². The van der Waals surface area contributed by atoms with E-state index in [2.05, 4.69) is 11.8 Å². The minimum absolute atomic E-state index is 0.238. The van der Waals surface area contributed by atoms with Crippen molar-refractivity contribution in [2.75, 3.05) is 20.2 Å². The molecule has 1 aliphatic carbocycles. The maximum absolute atomic E-state index is 10.4. The fourth-order valence-electron chi connectivity index (χ4n) is 1.87. The molecule has 4 heteroatoms. The molecule has 1 aliphatic rings. The lowest BCUT2D eigenvalue weighted by Crippen LogP contribution is -2.48. The van der Waals surface area contributed by atoms with E-state index in [1.165, 1.54) is 0 Å². The molecule has 14 heavy (non-hydrogen) atoms. The standard InChI is InChI=1S/C10H19NO3/c1-3-11(5-4-10(12)13)8-6-9(7-8)14-2/h8-9H,3-7H2,1-2H3,(H,12,13). The Morgan fingerprint density at radius 2 is 2.21 bits per heavy atom. The van der Waals surface area contributed by atoms with Gasteiger partial charge in [0.15, 0.2) is 0 Å². The molecule has 82 valence electrons. The summed E-state index contributed by atoms with van der Waals surface area (Å²) in [5.74, 6) is -0.717. The molecule has 0 saturated heterocycles.